The van der Waals surface area contributed by atoms with E-state index in [1.165, 1.54) is 23.9 Å². The zero-order valence-corrected chi connectivity index (χ0v) is 17.2. The fourth-order valence-electron chi connectivity index (χ4n) is 3.21. The molecule has 8 heteroatoms. The van der Waals surface area contributed by atoms with Gasteiger partial charge in [-0.25, -0.2) is 14.4 Å². The molecule has 0 spiro atoms. The van der Waals surface area contributed by atoms with Crippen molar-refractivity contribution in [2.45, 2.75) is 36.8 Å². The van der Waals surface area contributed by atoms with Gasteiger partial charge in [0.15, 0.2) is 10.8 Å². The van der Waals surface area contributed by atoms with Crippen molar-refractivity contribution in [1.29, 1.82) is 0 Å². The minimum absolute atomic E-state index is 0.123. The lowest BCUT2D eigenvalue weighted by atomic mass is 10.2. The Balaban J connectivity index is 1.60. The molecular formula is C22H21FN4O2S. The molecule has 0 saturated heterocycles. The summed E-state index contributed by atoms with van der Waals surface area (Å²) in [6.07, 6.45) is 3.86. The lowest BCUT2D eigenvalue weighted by Gasteiger charge is -2.19. The SMILES string of the molecule is CC[C@H](C(=O)NCc1ccco1)n1c(SCc2ccc(F)cc2)nc2cccnc21. The van der Waals surface area contributed by atoms with E-state index in [0.717, 1.165) is 11.1 Å². The highest BCUT2D eigenvalue weighted by Crippen LogP contribution is 2.30. The second kappa shape index (κ2) is 9.13. The van der Waals surface area contributed by atoms with Crippen molar-refractivity contribution >= 4 is 28.8 Å². The van der Waals surface area contributed by atoms with Crippen LogP contribution in [0.4, 0.5) is 4.39 Å². The summed E-state index contributed by atoms with van der Waals surface area (Å²) in [6.45, 7) is 2.28. The van der Waals surface area contributed by atoms with Gasteiger partial charge in [-0.15, -0.1) is 0 Å². The van der Waals surface area contributed by atoms with E-state index in [4.69, 9.17) is 9.40 Å². The summed E-state index contributed by atoms with van der Waals surface area (Å²) in [4.78, 5) is 22.2. The molecule has 1 atom stereocenters. The molecule has 154 valence electrons. The van der Waals surface area contributed by atoms with Crippen LogP contribution < -0.4 is 5.32 Å². The minimum atomic E-state index is -0.462. The second-order valence-electron chi connectivity index (χ2n) is 6.75. The third kappa shape index (κ3) is 4.38. The van der Waals surface area contributed by atoms with E-state index in [2.05, 4.69) is 10.3 Å². The maximum Gasteiger partial charge on any atom is 0.243 e. The molecule has 0 radical (unpaired) electrons. The summed E-state index contributed by atoms with van der Waals surface area (Å²) in [6, 6.07) is 13.2. The Labute approximate surface area is 177 Å². The van der Waals surface area contributed by atoms with Crippen molar-refractivity contribution in [3.8, 4) is 0 Å². The van der Waals surface area contributed by atoms with E-state index in [-0.39, 0.29) is 11.7 Å². The number of aromatic nitrogens is 3. The summed E-state index contributed by atoms with van der Waals surface area (Å²) >= 11 is 1.50. The van der Waals surface area contributed by atoms with E-state index >= 15 is 0 Å². The van der Waals surface area contributed by atoms with Crippen LogP contribution in [0.5, 0.6) is 0 Å². The molecule has 4 rings (SSSR count). The van der Waals surface area contributed by atoms with E-state index in [9.17, 15) is 9.18 Å². The summed E-state index contributed by atoms with van der Waals surface area (Å²) in [5.41, 5.74) is 2.37. The lowest BCUT2D eigenvalue weighted by molar-refractivity contribution is -0.124. The average molecular weight is 425 g/mol. The third-order valence-corrected chi connectivity index (χ3v) is 5.74. The van der Waals surface area contributed by atoms with Crippen molar-refractivity contribution in [2.24, 2.45) is 0 Å². The number of hydrogen-bond donors (Lipinski definition) is 1. The number of carbonyl (C=O) groups is 1. The van der Waals surface area contributed by atoms with Crippen LogP contribution in [0.3, 0.4) is 0 Å². The zero-order chi connectivity index (χ0) is 20.9. The number of benzene rings is 1. The van der Waals surface area contributed by atoms with Gasteiger partial charge in [-0.2, -0.15) is 0 Å². The minimum Gasteiger partial charge on any atom is -0.467 e. The van der Waals surface area contributed by atoms with Gasteiger partial charge in [0, 0.05) is 11.9 Å². The maximum atomic E-state index is 13.2. The first-order valence-electron chi connectivity index (χ1n) is 9.66. The molecule has 3 heterocycles. The molecule has 0 bridgehead atoms. The van der Waals surface area contributed by atoms with E-state index in [0.29, 0.717) is 35.3 Å². The topological polar surface area (TPSA) is 73.0 Å². The Morgan fingerprint density at radius 1 is 1.23 bits per heavy atom. The summed E-state index contributed by atoms with van der Waals surface area (Å²) in [7, 11) is 0. The molecule has 0 fully saturated rings. The molecular weight excluding hydrogens is 403 g/mol. The molecule has 6 nitrogen and oxygen atoms in total. The number of fused-ring (bicyclic) bond motifs is 1. The second-order valence-corrected chi connectivity index (χ2v) is 7.69. The summed E-state index contributed by atoms with van der Waals surface area (Å²) in [5.74, 6) is 0.910. The summed E-state index contributed by atoms with van der Waals surface area (Å²) < 4.78 is 20.4. The number of rotatable bonds is 8. The fraction of sp³-hybridized carbons (Fsp3) is 0.227. The largest absolute Gasteiger partial charge is 0.467 e. The Bertz CT molecular complexity index is 1130. The first kappa shape index (κ1) is 20.2. The van der Waals surface area contributed by atoms with Crippen LogP contribution in [-0.4, -0.2) is 20.4 Å². The normalized spacial score (nSPS) is 12.2. The van der Waals surface area contributed by atoms with Crippen LogP contribution >= 0.6 is 11.8 Å². The molecule has 0 aliphatic rings. The van der Waals surface area contributed by atoms with Crippen LogP contribution in [-0.2, 0) is 17.1 Å². The number of carbonyl (C=O) groups excluding carboxylic acids is 1. The van der Waals surface area contributed by atoms with Gasteiger partial charge in [0.1, 0.15) is 23.1 Å². The molecule has 4 aromatic rings. The van der Waals surface area contributed by atoms with Crippen LogP contribution in [0.15, 0.2) is 70.6 Å². The van der Waals surface area contributed by atoms with Crippen molar-refractivity contribution in [2.75, 3.05) is 0 Å². The number of amides is 1. The highest BCUT2D eigenvalue weighted by Gasteiger charge is 2.25. The third-order valence-electron chi connectivity index (χ3n) is 4.72. The number of nitrogens with zero attached hydrogens (tertiary/aromatic N) is 3. The van der Waals surface area contributed by atoms with Crippen LogP contribution in [0.1, 0.15) is 30.7 Å². The molecule has 1 amide bonds. The molecule has 30 heavy (non-hydrogen) atoms. The number of halogens is 1. The molecule has 1 N–H and O–H groups in total. The van der Waals surface area contributed by atoms with Crippen LogP contribution in [0.25, 0.3) is 11.2 Å². The first-order valence-corrected chi connectivity index (χ1v) is 10.6. The van der Waals surface area contributed by atoms with Crippen molar-refractivity contribution < 1.29 is 13.6 Å². The Morgan fingerprint density at radius 3 is 2.80 bits per heavy atom. The Hall–Kier alpha value is -3.13. The van der Waals surface area contributed by atoms with Gasteiger partial charge in [0.25, 0.3) is 0 Å². The van der Waals surface area contributed by atoms with Crippen molar-refractivity contribution in [3.63, 3.8) is 0 Å². The molecule has 0 aliphatic heterocycles. The predicted octanol–water partition coefficient (Wildman–Crippen LogP) is 4.72. The maximum absolute atomic E-state index is 13.2. The first-order chi connectivity index (χ1) is 14.7. The van der Waals surface area contributed by atoms with Gasteiger partial charge in [-0.3, -0.25) is 9.36 Å². The molecule has 0 aliphatic carbocycles. The van der Waals surface area contributed by atoms with Crippen LogP contribution in [0.2, 0.25) is 0 Å². The highest BCUT2D eigenvalue weighted by atomic mass is 32.2. The average Bonchev–Trinajstić information content (AvgIpc) is 3.41. The highest BCUT2D eigenvalue weighted by molar-refractivity contribution is 7.98. The summed E-state index contributed by atoms with van der Waals surface area (Å²) in [5, 5.41) is 3.64. The number of thioether (sulfide) groups is 1. The van der Waals surface area contributed by atoms with Crippen molar-refractivity contribution in [1.82, 2.24) is 19.9 Å². The van der Waals surface area contributed by atoms with Gasteiger partial charge < -0.3 is 9.73 Å². The quantitative estimate of drug-likeness (QED) is 0.414. The number of nitrogens with one attached hydrogen (secondary N) is 1. The van der Waals surface area contributed by atoms with Crippen LogP contribution in [0, 0.1) is 5.82 Å². The number of furan rings is 1. The predicted molar refractivity (Wildman–Crippen MR) is 113 cm³/mol. The molecule has 0 unspecified atom stereocenters. The van der Waals surface area contributed by atoms with E-state index < -0.39 is 6.04 Å². The Morgan fingerprint density at radius 2 is 2.07 bits per heavy atom. The zero-order valence-electron chi connectivity index (χ0n) is 16.4. The molecule has 1 aromatic carbocycles. The number of pyridine rings is 1. The van der Waals surface area contributed by atoms with Gasteiger partial charge in [-0.1, -0.05) is 30.8 Å². The van der Waals surface area contributed by atoms with Gasteiger partial charge in [-0.05, 0) is 48.4 Å². The fourth-order valence-corrected chi connectivity index (χ4v) is 4.21. The number of imidazole rings is 1. The molecule has 0 saturated carbocycles. The standard InChI is InChI=1S/C22H21FN4O2S/c1-2-19(21(28)25-13-17-5-4-12-29-17)27-20-18(6-3-11-24-20)26-22(27)30-14-15-7-9-16(23)10-8-15/h3-12,19H,2,13-14H2,1H3,(H,25,28)/t19-/m1/s1. The lowest BCUT2D eigenvalue weighted by Crippen LogP contribution is -2.32. The van der Waals surface area contributed by atoms with Gasteiger partial charge >= 0.3 is 0 Å². The Kier molecular flexibility index (Phi) is 6.13. The number of hydrogen-bond acceptors (Lipinski definition) is 5. The van der Waals surface area contributed by atoms with E-state index in [1.807, 2.05) is 29.7 Å². The van der Waals surface area contributed by atoms with Gasteiger partial charge in [0.05, 0.1) is 12.8 Å². The smallest absolute Gasteiger partial charge is 0.243 e. The van der Waals surface area contributed by atoms with Crippen molar-refractivity contribution in [3.05, 3.63) is 78.1 Å². The monoisotopic (exact) mass is 424 g/mol. The van der Waals surface area contributed by atoms with Gasteiger partial charge in [0.2, 0.25) is 5.91 Å². The molecule has 3 aromatic heterocycles. The van der Waals surface area contributed by atoms with E-state index in [1.54, 1.807) is 30.7 Å².